The van der Waals surface area contributed by atoms with Gasteiger partial charge in [0.15, 0.2) is 6.10 Å². The minimum atomic E-state index is -0.872. The van der Waals surface area contributed by atoms with Crippen LogP contribution in [0.3, 0.4) is 0 Å². The van der Waals surface area contributed by atoms with Crippen molar-refractivity contribution in [3.05, 3.63) is 29.8 Å². The van der Waals surface area contributed by atoms with Gasteiger partial charge in [0.25, 0.3) is 0 Å². The number of hydrogen-bond acceptors (Lipinski definition) is 15. The molecular formula is C23H39N3O13. The summed E-state index contributed by atoms with van der Waals surface area (Å²) in [5.41, 5.74) is 1.06. The van der Waals surface area contributed by atoms with E-state index in [9.17, 15) is 9.59 Å². The molecule has 0 bridgehead atoms. The zero-order chi connectivity index (χ0) is 29.0. The number of nitrogens with zero attached hydrogens (tertiary/aromatic N) is 3. The molecule has 0 heterocycles. The Morgan fingerprint density at radius 1 is 0.846 bits per heavy atom. The maximum Gasteiger partial charge on any atom is 0.332 e. The second-order valence-corrected chi connectivity index (χ2v) is 8.23. The van der Waals surface area contributed by atoms with Crippen LogP contribution in [-0.2, 0) is 44.6 Å². The summed E-state index contributed by atoms with van der Waals surface area (Å²) in [6.07, 6.45) is -0.128. The first-order valence-corrected chi connectivity index (χ1v) is 12.1. The van der Waals surface area contributed by atoms with Crippen LogP contribution in [-0.4, -0.2) is 127 Å². The quantitative estimate of drug-likeness (QED) is 0.0861. The van der Waals surface area contributed by atoms with Gasteiger partial charge >= 0.3 is 5.97 Å². The number of carbonyl (C=O) groups excluding carboxylic acids is 2. The molecule has 0 aliphatic rings. The summed E-state index contributed by atoms with van der Waals surface area (Å²) >= 11 is 0. The van der Waals surface area contributed by atoms with Crippen LogP contribution >= 0.6 is 0 Å². The molecule has 39 heavy (non-hydrogen) atoms. The van der Waals surface area contributed by atoms with E-state index in [0.717, 1.165) is 12.0 Å². The molecule has 0 saturated heterocycles. The zero-order valence-electron chi connectivity index (χ0n) is 22.3. The van der Waals surface area contributed by atoms with Crippen LogP contribution < -0.4 is 4.74 Å². The van der Waals surface area contributed by atoms with E-state index in [4.69, 9.17) is 44.5 Å². The summed E-state index contributed by atoms with van der Waals surface area (Å²) in [5, 5.41) is 33.1. The van der Waals surface area contributed by atoms with Gasteiger partial charge in [-0.25, -0.2) is 14.5 Å². The Morgan fingerprint density at radius 3 is 1.97 bits per heavy atom. The lowest BCUT2D eigenvalue weighted by molar-refractivity contribution is -0.493. The summed E-state index contributed by atoms with van der Waals surface area (Å²) in [6, 6.07) is 7.06. The van der Waals surface area contributed by atoms with Crippen LogP contribution in [0, 0.1) is 0 Å². The molecule has 224 valence electrons. The Labute approximate surface area is 226 Å². The Bertz CT molecular complexity index is 796. The van der Waals surface area contributed by atoms with E-state index >= 15 is 0 Å². The van der Waals surface area contributed by atoms with Crippen molar-refractivity contribution in [3.8, 4) is 5.75 Å². The van der Waals surface area contributed by atoms with Crippen LogP contribution in [0.4, 0.5) is 0 Å². The van der Waals surface area contributed by atoms with Crippen LogP contribution in [0.1, 0.15) is 19.4 Å². The highest BCUT2D eigenvalue weighted by Crippen LogP contribution is 2.14. The molecule has 0 aliphatic heterocycles. The standard InChI is InChI=1S/C23H39N3O13/c1-18(2)24(22(27)16-34-10-12-37-25(29)30)14-21(39-23(28)17-35-11-13-38-26(31)32)15-36-20-6-4-19(5-7-20)8-9-33-3/h4-7,18,21,29-32H,8-17H2,1-3H3. The molecule has 0 spiro atoms. The number of hydrogen-bond donors (Lipinski definition) is 4. The van der Waals surface area contributed by atoms with Crippen molar-refractivity contribution in [1.29, 1.82) is 0 Å². The lowest BCUT2D eigenvalue weighted by Gasteiger charge is -2.30. The fraction of sp³-hybridized carbons (Fsp3) is 0.652. The van der Waals surface area contributed by atoms with Gasteiger partial charge in [0.2, 0.25) is 5.91 Å². The highest BCUT2D eigenvalue weighted by molar-refractivity contribution is 5.78. The average molecular weight is 566 g/mol. The number of methoxy groups -OCH3 is 1. The van der Waals surface area contributed by atoms with E-state index in [0.29, 0.717) is 12.4 Å². The SMILES string of the molecule is COCCc1ccc(OCC(CN(C(=O)COCCON(O)O)C(C)C)OC(=O)COCCON(O)O)cc1. The smallest absolute Gasteiger partial charge is 0.332 e. The van der Waals surface area contributed by atoms with Gasteiger partial charge in [0, 0.05) is 13.2 Å². The van der Waals surface area contributed by atoms with Crippen LogP contribution in [0.25, 0.3) is 0 Å². The van der Waals surface area contributed by atoms with Gasteiger partial charge in [0.1, 0.15) is 25.6 Å². The summed E-state index contributed by atoms with van der Waals surface area (Å²) in [6.45, 7) is 2.69. The molecule has 1 aromatic carbocycles. The van der Waals surface area contributed by atoms with Gasteiger partial charge in [-0.3, -0.25) is 25.6 Å². The van der Waals surface area contributed by atoms with E-state index in [-0.39, 0.29) is 52.2 Å². The van der Waals surface area contributed by atoms with Crippen molar-refractivity contribution in [2.24, 2.45) is 0 Å². The normalized spacial score (nSPS) is 12.3. The van der Waals surface area contributed by atoms with Crippen LogP contribution in [0.15, 0.2) is 24.3 Å². The first kappa shape index (κ1) is 34.5. The van der Waals surface area contributed by atoms with Crippen LogP contribution in [0.5, 0.6) is 5.75 Å². The molecule has 1 rings (SSSR count). The molecule has 0 aliphatic carbocycles. The van der Waals surface area contributed by atoms with Crippen molar-refractivity contribution in [3.63, 3.8) is 0 Å². The first-order chi connectivity index (χ1) is 18.6. The van der Waals surface area contributed by atoms with Gasteiger partial charge in [0.05, 0.1) is 50.4 Å². The molecule has 1 unspecified atom stereocenters. The van der Waals surface area contributed by atoms with Gasteiger partial charge in [-0.15, -0.1) is 0 Å². The van der Waals surface area contributed by atoms with Gasteiger partial charge in [-0.05, 0) is 38.0 Å². The first-order valence-electron chi connectivity index (χ1n) is 12.1. The third-order valence-electron chi connectivity index (χ3n) is 4.91. The Hall–Kier alpha value is -2.48. The molecule has 16 nitrogen and oxygen atoms in total. The lowest BCUT2D eigenvalue weighted by Crippen LogP contribution is -2.47. The number of amides is 1. The molecule has 1 amide bonds. The molecule has 0 aromatic heterocycles. The molecule has 1 atom stereocenters. The summed E-state index contributed by atoms with van der Waals surface area (Å²) in [4.78, 5) is 35.3. The van der Waals surface area contributed by atoms with Crippen molar-refractivity contribution in [1.82, 2.24) is 15.7 Å². The fourth-order valence-electron chi connectivity index (χ4n) is 3.08. The summed E-state index contributed by atoms with van der Waals surface area (Å²) in [7, 11) is 1.63. The number of rotatable bonds is 22. The minimum absolute atomic E-state index is 0.0117. The number of benzene rings is 1. The molecule has 4 N–H and O–H groups in total. The topological polar surface area (TPSA) is 189 Å². The van der Waals surface area contributed by atoms with Gasteiger partial charge in [-0.2, -0.15) is 0 Å². The average Bonchev–Trinajstić information content (AvgIpc) is 2.88. The number of ether oxygens (including phenoxy) is 5. The van der Waals surface area contributed by atoms with E-state index in [1.54, 1.807) is 33.1 Å². The van der Waals surface area contributed by atoms with E-state index in [1.165, 1.54) is 4.90 Å². The predicted molar refractivity (Wildman–Crippen MR) is 129 cm³/mol. The van der Waals surface area contributed by atoms with Crippen LogP contribution in [0.2, 0.25) is 0 Å². The van der Waals surface area contributed by atoms with Crippen molar-refractivity contribution in [2.75, 3.05) is 66.5 Å². The lowest BCUT2D eigenvalue weighted by atomic mass is 10.1. The van der Waals surface area contributed by atoms with E-state index in [2.05, 4.69) is 9.68 Å². The summed E-state index contributed by atoms with van der Waals surface area (Å²) in [5.74, 6) is -0.592. The Balaban J connectivity index is 2.75. The third kappa shape index (κ3) is 17.0. The molecule has 0 saturated carbocycles. The minimum Gasteiger partial charge on any atom is -0.490 e. The summed E-state index contributed by atoms with van der Waals surface area (Å²) < 4.78 is 26.7. The Kier molecular flexibility index (Phi) is 18.1. The molecule has 1 aromatic rings. The number of carbonyl (C=O) groups is 2. The number of esters is 1. The fourth-order valence-corrected chi connectivity index (χ4v) is 3.08. The van der Waals surface area contributed by atoms with Crippen molar-refractivity contribution < 1.29 is 63.8 Å². The van der Waals surface area contributed by atoms with Gasteiger partial charge in [-0.1, -0.05) is 12.1 Å². The van der Waals surface area contributed by atoms with Crippen molar-refractivity contribution in [2.45, 2.75) is 32.4 Å². The molecule has 16 heteroatoms. The van der Waals surface area contributed by atoms with Crippen molar-refractivity contribution >= 4 is 11.9 Å². The molecular weight excluding hydrogens is 526 g/mol. The van der Waals surface area contributed by atoms with E-state index in [1.807, 2.05) is 12.1 Å². The predicted octanol–water partition coefficient (Wildman–Crippen LogP) is 0.460. The monoisotopic (exact) mass is 565 g/mol. The highest BCUT2D eigenvalue weighted by atomic mass is 17.1. The van der Waals surface area contributed by atoms with E-state index < -0.39 is 35.4 Å². The Morgan fingerprint density at radius 2 is 1.44 bits per heavy atom. The largest absolute Gasteiger partial charge is 0.490 e. The second kappa shape index (κ2) is 20.4. The zero-order valence-corrected chi connectivity index (χ0v) is 22.3. The maximum atomic E-state index is 12.8. The highest BCUT2D eigenvalue weighted by Gasteiger charge is 2.25. The maximum absolute atomic E-state index is 12.8. The third-order valence-corrected chi connectivity index (χ3v) is 4.91. The molecule has 0 radical (unpaired) electrons. The molecule has 0 fully saturated rings. The van der Waals surface area contributed by atoms with Gasteiger partial charge < -0.3 is 28.6 Å². The second-order valence-electron chi connectivity index (χ2n) is 8.23.